The fraction of sp³-hybridized carbons (Fsp3) is 0.500. The topological polar surface area (TPSA) is 32.6 Å². The summed E-state index contributed by atoms with van der Waals surface area (Å²) >= 11 is 1.40. The number of aliphatic hydroxyl groups is 1. The van der Waals surface area contributed by atoms with Crippen molar-refractivity contribution in [3.8, 4) is 0 Å². The van der Waals surface area contributed by atoms with E-state index >= 15 is 0 Å². The molecule has 0 saturated carbocycles. The first-order valence-corrected chi connectivity index (χ1v) is 6.75. The Balaban J connectivity index is 3.02. The molecule has 0 amide bonds. The third kappa shape index (κ3) is 5.19. The molecule has 4 heteroatoms. The first-order chi connectivity index (χ1) is 8.29. The number of hydrogen-bond donors (Lipinski definition) is 1. The second-order valence-electron chi connectivity index (χ2n) is 5.27. The standard InChI is InChI=1S/C14H20FNOS/c1-10(17)9-13(16-18-14(2,3)4)11-7-5-6-8-12(11)15/h5-8,10,17H,9H2,1-4H3/b16-13+/t10-/m0/s1. The van der Waals surface area contributed by atoms with Crippen molar-refractivity contribution < 1.29 is 9.50 Å². The molecule has 0 fully saturated rings. The van der Waals surface area contributed by atoms with Crippen LogP contribution in [-0.4, -0.2) is 21.7 Å². The van der Waals surface area contributed by atoms with Crippen LogP contribution in [0.5, 0.6) is 0 Å². The van der Waals surface area contributed by atoms with E-state index < -0.39 is 6.10 Å². The lowest BCUT2D eigenvalue weighted by Crippen LogP contribution is -2.13. The van der Waals surface area contributed by atoms with Gasteiger partial charge in [-0.2, -0.15) is 0 Å². The highest BCUT2D eigenvalue weighted by Crippen LogP contribution is 2.26. The Morgan fingerprint density at radius 1 is 1.39 bits per heavy atom. The molecule has 0 aliphatic heterocycles. The molecule has 0 aliphatic carbocycles. The van der Waals surface area contributed by atoms with Gasteiger partial charge in [0.1, 0.15) is 5.82 Å². The van der Waals surface area contributed by atoms with E-state index in [1.54, 1.807) is 25.1 Å². The van der Waals surface area contributed by atoms with Crippen LogP contribution in [0.2, 0.25) is 0 Å². The van der Waals surface area contributed by atoms with Gasteiger partial charge in [0.25, 0.3) is 0 Å². The normalized spacial score (nSPS) is 14.7. The number of benzene rings is 1. The number of halogens is 1. The quantitative estimate of drug-likeness (QED) is 0.665. The van der Waals surface area contributed by atoms with Gasteiger partial charge in [-0.25, -0.2) is 8.79 Å². The highest BCUT2D eigenvalue weighted by atomic mass is 32.2. The Hall–Kier alpha value is -0.870. The van der Waals surface area contributed by atoms with Crippen molar-refractivity contribution in [3.05, 3.63) is 35.6 Å². The lowest BCUT2D eigenvalue weighted by Gasteiger charge is -2.16. The summed E-state index contributed by atoms with van der Waals surface area (Å²) in [6, 6.07) is 6.53. The molecule has 0 radical (unpaired) electrons. The van der Waals surface area contributed by atoms with Gasteiger partial charge in [0.15, 0.2) is 0 Å². The van der Waals surface area contributed by atoms with Gasteiger partial charge in [-0.05, 0) is 45.7 Å². The maximum absolute atomic E-state index is 13.7. The van der Waals surface area contributed by atoms with Gasteiger partial charge in [-0.15, -0.1) is 0 Å². The summed E-state index contributed by atoms with van der Waals surface area (Å²) in [5, 5.41) is 9.49. The van der Waals surface area contributed by atoms with Crippen LogP contribution in [0, 0.1) is 5.82 Å². The van der Waals surface area contributed by atoms with Crippen molar-refractivity contribution in [2.24, 2.45) is 4.40 Å². The van der Waals surface area contributed by atoms with Crippen LogP contribution >= 0.6 is 11.9 Å². The summed E-state index contributed by atoms with van der Waals surface area (Å²) in [4.78, 5) is 0. The molecule has 100 valence electrons. The van der Waals surface area contributed by atoms with Crippen LogP contribution in [-0.2, 0) is 0 Å². The minimum atomic E-state index is -0.538. The Kier molecular flexibility index (Phi) is 5.35. The van der Waals surface area contributed by atoms with Gasteiger partial charge >= 0.3 is 0 Å². The van der Waals surface area contributed by atoms with Crippen LogP contribution in [0.1, 0.15) is 39.7 Å². The van der Waals surface area contributed by atoms with Crippen LogP contribution in [0.3, 0.4) is 0 Å². The van der Waals surface area contributed by atoms with E-state index in [1.165, 1.54) is 18.0 Å². The molecule has 0 aromatic heterocycles. The molecule has 0 unspecified atom stereocenters. The number of aliphatic hydroxyl groups excluding tert-OH is 1. The monoisotopic (exact) mass is 269 g/mol. The zero-order valence-corrected chi connectivity index (χ0v) is 12.1. The number of rotatable bonds is 4. The molecular weight excluding hydrogens is 249 g/mol. The van der Waals surface area contributed by atoms with E-state index in [1.807, 2.05) is 20.8 Å². The molecule has 0 heterocycles. The molecule has 1 aromatic rings. The average Bonchev–Trinajstić information content (AvgIpc) is 2.23. The van der Waals surface area contributed by atoms with Crippen LogP contribution in [0.25, 0.3) is 0 Å². The van der Waals surface area contributed by atoms with E-state index in [9.17, 15) is 9.50 Å². The molecule has 2 nitrogen and oxygen atoms in total. The molecule has 0 saturated heterocycles. The maximum Gasteiger partial charge on any atom is 0.132 e. The van der Waals surface area contributed by atoms with Crippen molar-refractivity contribution in [2.45, 2.75) is 45.0 Å². The highest BCUT2D eigenvalue weighted by molar-refractivity contribution is 7.99. The smallest absolute Gasteiger partial charge is 0.132 e. The fourth-order valence-electron chi connectivity index (χ4n) is 1.36. The average molecular weight is 269 g/mol. The summed E-state index contributed by atoms with van der Waals surface area (Å²) in [7, 11) is 0. The van der Waals surface area contributed by atoms with E-state index in [0.29, 0.717) is 17.7 Å². The summed E-state index contributed by atoms with van der Waals surface area (Å²) in [5.74, 6) is -0.300. The third-order valence-electron chi connectivity index (χ3n) is 2.10. The van der Waals surface area contributed by atoms with E-state index in [2.05, 4.69) is 4.40 Å². The van der Waals surface area contributed by atoms with E-state index in [4.69, 9.17) is 0 Å². The highest BCUT2D eigenvalue weighted by Gasteiger charge is 2.15. The Labute approximate surface area is 112 Å². The minimum absolute atomic E-state index is 0.0325. The number of hydrogen-bond acceptors (Lipinski definition) is 3. The lowest BCUT2D eigenvalue weighted by atomic mass is 10.0. The zero-order valence-electron chi connectivity index (χ0n) is 11.3. The van der Waals surface area contributed by atoms with Gasteiger partial charge in [0.05, 0.1) is 11.8 Å². The van der Waals surface area contributed by atoms with Crippen molar-refractivity contribution in [2.75, 3.05) is 0 Å². The maximum atomic E-state index is 13.7. The minimum Gasteiger partial charge on any atom is -0.393 e. The Morgan fingerprint density at radius 3 is 2.50 bits per heavy atom. The van der Waals surface area contributed by atoms with E-state index in [0.717, 1.165) is 0 Å². The van der Waals surface area contributed by atoms with Gasteiger partial charge in [-0.3, -0.25) is 0 Å². The second-order valence-corrected chi connectivity index (χ2v) is 6.86. The first-order valence-electron chi connectivity index (χ1n) is 5.97. The van der Waals surface area contributed by atoms with Crippen LogP contribution in [0.15, 0.2) is 28.7 Å². The fourth-order valence-corrected chi connectivity index (χ4v) is 1.92. The van der Waals surface area contributed by atoms with E-state index in [-0.39, 0.29) is 10.6 Å². The lowest BCUT2D eigenvalue weighted by molar-refractivity contribution is 0.203. The van der Waals surface area contributed by atoms with Gasteiger partial charge < -0.3 is 5.11 Å². The second kappa shape index (κ2) is 6.34. The van der Waals surface area contributed by atoms with Crippen molar-refractivity contribution in [1.82, 2.24) is 0 Å². The van der Waals surface area contributed by atoms with Crippen LogP contribution in [0.4, 0.5) is 4.39 Å². The van der Waals surface area contributed by atoms with Crippen molar-refractivity contribution >= 4 is 17.7 Å². The van der Waals surface area contributed by atoms with Crippen LogP contribution < -0.4 is 0 Å². The van der Waals surface area contributed by atoms with Gasteiger partial charge in [0, 0.05) is 16.7 Å². The molecule has 0 bridgehead atoms. The van der Waals surface area contributed by atoms with Gasteiger partial charge in [0.2, 0.25) is 0 Å². The Bertz CT molecular complexity index is 424. The summed E-state index contributed by atoms with van der Waals surface area (Å²) < 4.78 is 18.1. The van der Waals surface area contributed by atoms with Crippen molar-refractivity contribution in [3.63, 3.8) is 0 Å². The summed E-state index contributed by atoms with van der Waals surface area (Å²) in [6.07, 6.45) is -0.187. The molecule has 0 aliphatic rings. The number of nitrogens with zero attached hydrogens (tertiary/aromatic N) is 1. The largest absolute Gasteiger partial charge is 0.393 e. The first kappa shape index (κ1) is 15.2. The molecule has 1 aromatic carbocycles. The zero-order chi connectivity index (χ0) is 13.8. The molecule has 1 rings (SSSR count). The SMILES string of the molecule is C[C@H](O)C/C(=N\SC(C)(C)C)c1ccccc1F. The molecule has 1 N–H and O–H groups in total. The Morgan fingerprint density at radius 2 is 2.00 bits per heavy atom. The summed E-state index contributed by atoms with van der Waals surface area (Å²) in [5.41, 5.74) is 1.07. The predicted octanol–water partition coefficient (Wildman–Crippen LogP) is 3.83. The molecule has 1 atom stereocenters. The molecule has 18 heavy (non-hydrogen) atoms. The third-order valence-corrected chi connectivity index (χ3v) is 2.96. The predicted molar refractivity (Wildman–Crippen MR) is 76.6 cm³/mol. The summed E-state index contributed by atoms with van der Waals surface area (Å²) in [6.45, 7) is 7.81. The van der Waals surface area contributed by atoms with Gasteiger partial charge in [-0.1, -0.05) is 18.2 Å². The molecule has 0 spiro atoms. The van der Waals surface area contributed by atoms with Crippen molar-refractivity contribution in [1.29, 1.82) is 0 Å². The molecular formula is C14H20FNOS.